The largest absolute Gasteiger partial charge is 0.481 e. The summed E-state index contributed by atoms with van der Waals surface area (Å²) < 4.78 is 4.95. The van der Waals surface area contributed by atoms with Crippen molar-refractivity contribution in [3.8, 4) is 0 Å². The minimum absolute atomic E-state index is 0.125. The summed E-state index contributed by atoms with van der Waals surface area (Å²) in [7, 11) is 1.40. The van der Waals surface area contributed by atoms with Crippen LogP contribution in [-0.2, 0) is 9.53 Å². The summed E-state index contributed by atoms with van der Waals surface area (Å²) in [5, 5.41) is 13.9. The van der Waals surface area contributed by atoms with E-state index in [2.05, 4.69) is 20.6 Å². The van der Waals surface area contributed by atoms with Crippen LogP contribution in [-0.4, -0.2) is 46.8 Å². The molecule has 8 heteroatoms. The molecule has 0 saturated carbocycles. The number of nitrogens with one attached hydrogen (secondary N) is 3. The first-order chi connectivity index (χ1) is 9.02. The van der Waals surface area contributed by atoms with Gasteiger partial charge in [-0.1, -0.05) is 0 Å². The fourth-order valence-electron chi connectivity index (χ4n) is 1.47. The molecule has 1 rings (SSSR count). The highest BCUT2D eigenvalue weighted by Gasteiger charge is 2.15. The van der Waals surface area contributed by atoms with Crippen LogP contribution in [0.15, 0.2) is 12.4 Å². The molecule has 19 heavy (non-hydrogen) atoms. The van der Waals surface area contributed by atoms with Crippen LogP contribution >= 0.6 is 0 Å². The summed E-state index contributed by atoms with van der Waals surface area (Å²) >= 11 is 0. The smallest absolute Gasteiger partial charge is 0.315 e. The van der Waals surface area contributed by atoms with Crippen molar-refractivity contribution >= 4 is 12.0 Å². The molecule has 1 heterocycles. The first kappa shape index (κ1) is 15.0. The highest BCUT2D eigenvalue weighted by molar-refractivity contribution is 5.74. The van der Waals surface area contributed by atoms with E-state index in [9.17, 15) is 9.59 Å². The number of aromatic amines is 1. The van der Waals surface area contributed by atoms with Crippen molar-refractivity contribution in [1.29, 1.82) is 0 Å². The van der Waals surface area contributed by atoms with Crippen LogP contribution < -0.4 is 10.6 Å². The van der Waals surface area contributed by atoms with Gasteiger partial charge in [0.1, 0.15) is 5.82 Å². The number of rotatable bonds is 7. The van der Waals surface area contributed by atoms with Gasteiger partial charge in [-0.25, -0.2) is 9.78 Å². The molecule has 1 aromatic rings. The van der Waals surface area contributed by atoms with Gasteiger partial charge in [0.15, 0.2) is 0 Å². The van der Waals surface area contributed by atoms with Gasteiger partial charge < -0.3 is 25.5 Å². The number of ether oxygens (including phenoxy) is 1. The Bertz CT molecular complexity index is 407. The Morgan fingerprint density at radius 1 is 1.58 bits per heavy atom. The number of nitrogens with zero attached hydrogens (tertiary/aromatic N) is 1. The minimum Gasteiger partial charge on any atom is -0.481 e. The molecule has 2 amide bonds. The highest BCUT2D eigenvalue weighted by Crippen LogP contribution is 2.04. The van der Waals surface area contributed by atoms with Crippen molar-refractivity contribution in [2.45, 2.75) is 25.5 Å². The topological polar surface area (TPSA) is 116 Å². The van der Waals surface area contributed by atoms with Gasteiger partial charge in [-0.05, 0) is 6.92 Å². The fraction of sp³-hybridized carbons (Fsp3) is 0.545. The van der Waals surface area contributed by atoms with Crippen LogP contribution in [0, 0.1) is 0 Å². The first-order valence-corrected chi connectivity index (χ1v) is 5.81. The van der Waals surface area contributed by atoms with Crippen molar-refractivity contribution in [3.63, 3.8) is 0 Å². The Morgan fingerprint density at radius 3 is 2.84 bits per heavy atom. The Hall–Kier alpha value is -2.09. The van der Waals surface area contributed by atoms with Crippen molar-refractivity contribution in [3.05, 3.63) is 18.2 Å². The van der Waals surface area contributed by atoms with E-state index in [1.54, 1.807) is 19.3 Å². The van der Waals surface area contributed by atoms with E-state index in [-0.39, 0.29) is 19.0 Å². The number of aliphatic carboxylic acids is 1. The van der Waals surface area contributed by atoms with E-state index in [4.69, 9.17) is 9.84 Å². The number of urea groups is 1. The lowest BCUT2D eigenvalue weighted by atomic mass is 10.2. The number of H-pyrrole nitrogens is 1. The van der Waals surface area contributed by atoms with E-state index in [0.717, 1.165) is 0 Å². The third-order valence-corrected chi connectivity index (χ3v) is 2.50. The number of hydrogen-bond donors (Lipinski definition) is 4. The third-order valence-electron chi connectivity index (χ3n) is 2.50. The summed E-state index contributed by atoms with van der Waals surface area (Å²) in [6, 6.07) is -0.674. The Labute approximate surface area is 110 Å². The lowest BCUT2D eigenvalue weighted by Gasteiger charge is -2.16. The third kappa shape index (κ3) is 5.38. The van der Waals surface area contributed by atoms with Crippen LogP contribution in [0.5, 0.6) is 0 Å². The molecule has 2 atom stereocenters. The first-order valence-electron chi connectivity index (χ1n) is 5.81. The standard InChI is InChI=1S/C11H18N4O4/c1-7(10-12-3-4-13-10)15-11(18)14-6-8(19-2)5-9(16)17/h3-4,7-8H,5-6H2,1-2H3,(H,12,13)(H,16,17)(H2,14,15,18). The summed E-state index contributed by atoms with van der Waals surface area (Å²) in [6.45, 7) is 1.91. The molecule has 0 radical (unpaired) electrons. The predicted molar refractivity (Wildman–Crippen MR) is 66.6 cm³/mol. The lowest BCUT2D eigenvalue weighted by molar-refractivity contribution is -0.139. The second-order valence-electron chi connectivity index (χ2n) is 4.01. The summed E-state index contributed by atoms with van der Waals surface area (Å²) in [5.41, 5.74) is 0. The molecular weight excluding hydrogens is 252 g/mol. The molecule has 8 nitrogen and oxygen atoms in total. The second kappa shape index (κ2) is 7.37. The van der Waals surface area contributed by atoms with Crippen LogP contribution in [0.25, 0.3) is 0 Å². The normalized spacial score (nSPS) is 13.6. The van der Waals surface area contributed by atoms with Crippen molar-refractivity contribution in [2.24, 2.45) is 0 Å². The van der Waals surface area contributed by atoms with E-state index in [1.807, 2.05) is 0 Å². The second-order valence-corrected chi connectivity index (χ2v) is 4.01. The lowest BCUT2D eigenvalue weighted by Crippen LogP contribution is -2.41. The Kier molecular flexibility index (Phi) is 5.80. The molecule has 0 aromatic carbocycles. The number of carbonyl (C=O) groups is 2. The summed E-state index contributed by atoms with van der Waals surface area (Å²) in [6.07, 6.45) is 2.55. The monoisotopic (exact) mass is 270 g/mol. The number of amides is 2. The van der Waals surface area contributed by atoms with Crippen LogP contribution in [0.3, 0.4) is 0 Å². The maximum Gasteiger partial charge on any atom is 0.315 e. The number of imidazole rings is 1. The van der Waals surface area contributed by atoms with Gasteiger partial charge >= 0.3 is 12.0 Å². The molecular formula is C11H18N4O4. The number of carboxylic acids is 1. The fourth-order valence-corrected chi connectivity index (χ4v) is 1.47. The van der Waals surface area contributed by atoms with Gasteiger partial charge in [-0.2, -0.15) is 0 Å². The average molecular weight is 270 g/mol. The molecule has 0 aliphatic carbocycles. The summed E-state index contributed by atoms with van der Waals surface area (Å²) in [4.78, 5) is 29.0. The van der Waals surface area contributed by atoms with Crippen molar-refractivity contribution in [2.75, 3.05) is 13.7 Å². The molecule has 0 aliphatic heterocycles. The van der Waals surface area contributed by atoms with Crippen LogP contribution in [0.1, 0.15) is 25.2 Å². The zero-order valence-electron chi connectivity index (χ0n) is 10.8. The molecule has 106 valence electrons. The molecule has 0 aliphatic rings. The van der Waals surface area contributed by atoms with Gasteiger partial charge in [0, 0.05) is 26.0 Å². The maximum atomic E-state index is 11.6. The van der Waals surface area contributed by atoms with Gasteiger partial charge in [0.05, 0.1) is 18.6 Å². The van der Waals surface area contributed by atoms with E-state index >= 15 is 0 Å². The minimum atomic E-state index is -0.974. The number of aromatic nitrogens is 2. The summed E-state index contributed by atoms with van der Waals surface area (Å²) in [5.74, 6) is -0.331. The average Bonchev–Trinajstić information content (AvgIpc) is 2.87. The predicted octanol–water partition coefficient (Wildman–Crippen LogP) is 0.260. The molecule has 4 N–H and O–H groups in total. The van der Waals surface area contributed by atoms with Crippen LogP contribution in [0.4, 0.5) is 4.79 Å². The maximum absolute atomic E-state index is 11.6. The van der Waals surface area contributed by atoms with Gasteiger partial charge in [-0.15, -0.1) is 0 Å². The molecule has 0 bridgehead atoms. The molecule has 0 saturated heterocycles. The Morgan fingerprint density at radius 2 is 2.32 bits per heavy atom. The SMILES string of the molecule is COC(CNC(=O)NC(C)c1ncc[nH]1)CC(=O)O. The zero-order valence-corrected chi connectivity index (χ0v) is 10.8. The van der Waals surface area contributed by atoms with Crippen molar-refractivity contribution < 1.29 is 19.4 Å². The van der Waals surface area contributed by atoms with Gasteiger partial charge in [-0.3, -0.25) is 4.79 Å². The number of carbonyl (C=O) groups excluding carboxylic acids is 1. The molecule has 0 fully saturated rings. The van der Waals surface area contributed by atoms with E-state index < -0.39 is 18.1 Å². The molecule has 2 unspecified atom stereocenters. The van der Waals surface area contributed by atoms with Crippen LogP contribution in [0.2, 0.25) is 0 Å². The van der Waals surface area contributed by atoms with Gasteiger partial charge in [0.25, 0.3) is 0 Å². The quantitative estimate of drug-likeness (QED) is 0.567. The molecule has 1 aromatic heterocycles. The molecule has 0 spiro atoms. The van der Waals surface area contributed by atoms with Crippen molar-refractivity contribution in [1.82, 2.24) is 20.6 Å². The van der Waals surface area contributed by atoms with E-state index in [1.165, 1.54) is 7.11 Å². The number of carboxylic acid groups (broad SMARTS) is 1. The zero-order chi connectivity index (χ0) is 14.3. The number of hydrogen-bond acceptors (Lipinski definition) is 4. The Balaban J connectivity index is 2.32. The van der Waals surface area contributed by atoms with Gasteiger partial charge in [0.2, 0.25) is 0 Å². The number of methoxy groups -OCH3 is 1. The van der Waals surface area contributed by atoms with E-state index in [0.29, 0.717) is 5.82 Å². The highest BCUT2D eigenvalue weighted by atomic mass is 16.5.